The van der Waals surface area contributed by atoms with Crippen LogP contribution in [0, 0.1) is 12.8 Å². The topological polar surface area (TPSA) is 52.0 Å². The molecular formula is C14H18N4O. The second kappa shape index (κ2) is 5.40. The molecule has 1 fully saturated rings. The summed E-state index contributed by atoms with van der Waals surface area (Å²) < 4.78 is 7.39. The molecule has 3 heterocycles. The monoisotopic (exact) mass is 258 g/mol. The van der Waals surface area contributed by atoms with Crippen LogP contribution in [-0.4, -0.2) is 34.3 Å². The summed E-state index contributed by atoms with van der Waals surface area (Å²) >= 11 is 0. The Bertz CT molecular complexity index is 546. The molecule has 5 heteroatoms. The summed E-state index contributed by atoms with van der Waals surface area (Å²) in [5.74, 6) is 2.43. The molecule has 1 N–H and O–H groups in total. The lowest BCUT2D eigenvalue weighted by Gasteiger charge is -2.14. The van der Waals surface area contributed by atoms with E-state index in [2.05, 4.69) is 21.4 Å². The molecular weight excluding hydrogens is 240 g/mol. The maximum absolute atomic E-state index is 5.40. The molecule has 19 heavy (non-hydrogen) atoms. The summed E-state index contributed by atoms with van der Waals surface area (Å²) in [6, 6.07) is 4.00. The average molecular weight is 258 g/mol. The zero-order valence-corrected chi connectivity index (χ0v) is 11.0. The highest BCUT2D eigenvalue weighted by molar-refractivity contribution is 5.57. The molecule has 0 radical (unpaired) electrons. The number of nitrogens with one attached hydrogen (secondary N) is 1. The number of hydrogen-bond acceptors (Lipinski definition) is 4. The highest BCUT2D eigenvalue weighted by Crippen LogP contribution is 2.20. The number of aromatic nitrogens is 3. The van der Waals surface area contributed by atoms with Gasteiger partial charge in [-0.05, 0) is 25.5 Å². The van der Waals surface area contributed by atoms with Gasteiger partial charge in [-0.25, -0.2) is 9.97 Å². The van der Waals surface area contributed by atoms with E-state index in [0.717, 1.165) is 43.5 Å². The van der Waals surface area contributed by atoms with Gasteiger partial charge >= 0.3 is 0 Å². The summed E-state index contributed by atoms with van der Waals surface area (Å²) in [6.07, 6.45) is 6.66. The molecule has 1 atom stereocenters. The Balaban J connectivity index is 1.79. The van der Waals surface area contributed by atoms with Gasteiger partial charge in [0.15, 0.2) is 5.82 Å². The Morgan fingerprint density at radius 2 is 2.37 bits per heavy atom. The minimum absolute atomic E-state index is 0.594. The van der Waals surface area contributed by atoms with E-state index in [1.165, 1.54) is 0 Å². The number of ether oxygens (including phenoxy) is 1. The third-order valence-corrected chi connectivity index (χ3v) is 3.45. The van der Waals surface area contributed by atoms with E-state index < -0.39 is 0 Å². The summed E-state index contributed by atoms with van der Waals surface area (Å²) in [5.41, 5.74) is 1.04. The van der Waals surface area contributed by atoms with Crippen molar-refractivity contribution >= 4 is 5.69 Å². The van der Waals surface area contributed by atoms with Gasteiger partial charge in [0.1, 0.15) is 5.82 Å². The van der Waals surface area contributed by atoms with Crippen LogP contribution in [-0.2, 0) is 4.74 Å². The number of rotatable bonds is 4. The third-order valence-electron chi connectivity index (χ3n) is 3.45. The Morgan fingerprint density at radius 3 is 3.11 bits per heavy atom. The Labute approximate surface area is 112 Å². The van der Waals surface area contributed by atoms with E-state index in [9.17, 15) is 0 Å². The molecule has 0 aromatic carbocycles. The van der Waals surface area contributed by atoms with Crippen LogP contribution < -0.4 is 5.32 Å². The third kappa shape index (κ3) is 2.61. The van der Waals surface area contributed by atoms with Crippen molar-refractivity contribution in [3.8, 4) is 5.82 Å². The van der Waals surface area contributed by atoms with E-state index in [1.807, 2.05) is 23.8 Å². The van der Waals surface area contributed by atoms with Crippen LogP contribution in [0.4, 0.5) is 5.69 Å². The SMILES string of the molecule is Cc1nccn1-c1ncccc1NCC1CCOC1. The molecule has 0 aliphatic carbocycles. The van der Waals surface area contributed by atoms with Crippen LogP contribution in [0.25, 0.3) is 5.82 Å². The fourth-order valence-corrected chi connectivity index (χ4v) is 2.33. The lowest BCUT2D eigenvalue weighted by atomic mass is 10.1. The van der Waals surface area contributed by atoms with Crippen molar-refractivity contribution in [3.63, 3.8) is 0 Å². The molecule has 1 aliphatic rings. The number of pyridine rings is 1. The fraction of sp³-hybridized carbons (Fsp3) is 0.429. The molecule has 1 aliphatic heterocycles. The maximum Gasteiger partial charge on any atom is 0.161 e. The predicted octanol–water partition coefficient (Wildman–Crippen LogP) is 2.02. The predicted molar refractivity (Wildman–Crippen MR) is 73.5 cm³/mol. The van der Waals surface area contributed by atoms with Crippen LogP contribution in [0.3, 0.4) is 0 Å². The zero-order chi connectivity index (χ0) is 13.1. The summed E-state index contributed by atoms with van der Waals surface area (Å²) in [4.78, 5) is 8.70. The van der Waals surface area contributed by atoms with Gasteiger partial charge < -0.3 is 10.1 Å². The van der Waals surface area contributed by atoms with Crippen molar-refractivity contribution in [3.05, 3.63) is 36.5 Å². The molecule has 0 bridgehead atoms. The summed E-state index contributed by atoms with van der Waals surface area (Å²) in [7, 11) is 0. The van der Waals surface area contributed by atoms with Crippen molar-refractivity contribution in [1.82, 2.24) is 14.5 Å². The standard InChI is InChI=1S/C14H18N4O/c1-11-15-6-7-18(11)14-13(3-2-5-16-14)17-9-12-4-8-19-10-12/h2-3,5-7,12,17H,4,8-10H2,1H3. The van der Waals surface area contributed by atoms with Crippen LogP contribution in [0.5, 0.6) is 0 Å². The minimum Gasteiger partial charge on any atom is -0.382 e. The smallest absolute Gasteiger partial charge is 0.161 e. The molecule has 2 aromatic rings. The number of hydrogen-bond donors (Lipinski definition) is 1. The molecule has 3 rings (SSSR count). The Hall–Kier alpha value is -1.88. The lowest BCUT2D eigenvalue weighted by Crippen LogP contribution is -2.16. The first-order valence-electron chi connectivity index (χ1n) is 6.61. The van der Waals surface area contributed by atoms with Crippen LogP contribution in [0.1, 0.15) is 12.2 Å². The van der Waals surface area contributed by atoms with Crippen LogP contribution in [0.15, 0.2) is 30.7 Å². The fourth-order valence-electron chi connectivity index (χ4n) is 2.33. The van der Waals surface area contributed by atoms with Gasteiger partial charge in [-0.1, -0.05) is 0 Å². The van der Waals surface area contributed by atoms with Crippen molar-refractivity contribution in [1.29, 1.82) is 0 Å². The lowest BCUT2D eigenvalue weighted by molar-refractivity contribution is 0.187. The van der Waals surface area contributed by atoms with Crippen LogP contribution >= 0.6 is 0 Å². The summed E-state index contributed by atoms with van der Waals surface area (Å²) in [5, 5.41) is 3.48. The average Bonchev–Trinajstić information content (AvgIpc) is 3.08. The van der Waals surface area contributed by atoms with Crippen molar-refractivity contribution in [2.24, 2.45) is 5.92 Å². The van der Waals surface area contributed by atoms with Crippen LogP contribution in [0.2, 0.25) is 0 Å². The molecule has 5 nitrogen and oxygen atoms in total. The van der Waals surface area contributed by atoms with Gasteiger partial charge in [-0.3, -0.25) is 4.57 Å². The number of imidazole rings is 1. The van der Waals surface area contributed by atoms with Crippen molar-refractivity contribution in [2.45, 2.75) is 13.3 Å². The maximum atomic E-state index is 5.40. The van der Waals surface area contributed by atoms with E-state index in [1.54, 1.807) is 12.4 Å². The van der Waals surface area contributed by atoms with Gasteiger partial charge in [0.2, 0.25) is 0 Å². The first-order valence-corrected chi connectivity index (χ1v) is 6.61. The Kier molecular flexibility index (Phi) is 3.46. The van der Waals surface area contributed by atoms with Gasteiger partial charge in [0, 0.05) is 37.7 Å². The number of anilines is 1. The Morgan fingerprint density at radius 1 is 1.42 bits per heavy atom. The molecule has 0 saturated carbocycles. The number of aryl methyl sites for hydroxylation is 1. The van der Waals surface area contributed by atoms with E-state index in [4.69, 9.17) is 4.74 Å². The molecule has 1 unspecified atom stereocenters. The second-order valence-electron chi connectivity index (χ2n) is 4.83. The van der Waals surface area contributed by atoms with Gasteiger partial charge in [0.05, 0.1) is 12.3 Å². The largest absolute Gasteiger partial charge is 0.382 e. The highest BCUT2D eigenvalue weighted by atomic mass is 16.5. The number of nitrogens with zero attached hydrogens (tertiary/aromatic N) is 3. The van der Waals surface area contributed by atoms with Crippen molar-refractivity contribution < 1.29 is 4.74 Å². The molecule has 2 aromatic heterocycles. The molecule has 0 amide bonds. The van der Waals surface area contributed by atoms with E-state index in [-0.39, 0.29) is 0 Å². The van der Waals surface area contributed by atoms with E-state index >= 15 is 0 Å². The normalized spacial score (nSPS) is 18.7. The highest BCUT2D eigenvalue weighted by Gasteiger charge is 2.16. The van der Waals surface area contributed by atoms with Gasteiger partial charge in [-0.2, -0.15) is 0 Å². The molecule has 1 saturated heterocycles. The molecule has 100 valence electrons. The van der Waals surface area contributed by atoms with E-state index in [0.29, 0.717) is 5.92 Å². The van der Waals surface area contributed by atoms with Crippen molar-refractivity contribution in [2.75, 3.05) is 25.1 Å². The molecule has 0 spiro atoms. The minimum atomic E-state index is 0.594. The summed E-state index contributed by atoms with van der Waals surface area (Å²) in [6.45, 7) is 4.63. The van der Waals surface area contributed by atoms with Gasteiger partial charge in [0.25, 0.3) is 0 Å². The van der Waals surface area contributed by atoms with Gasteiger partial charge in [-0.15, -0.1) is 0 Å². The first-order chi connectivity index (χ1) is 9.34. The second-order valence-corrected chi connectivity index (χ2v) is 4.83. The first kappa shape index (κ1) is 12.2. The zero-order valence-electron chi connectivity index (χ0n) is 11.0. The quantitative estimate of drug-likeness (QED) is 0.911.